The maximum absolute atomic E-state index is 12.5. The molecule has 0 amide bonds. The molecular weight excluding hydrogens is 649 g/mol. The lowest BCUT2D eigenvalue weighted by Gasteiger charge is -2.19. The molecule has 0 aliphatic rings. The molecule has 0 rings (SSSR count). The van der Waals surface area contributed by atoms with Crippen LogP contribution >= 0.6 is 7.82 Å². The van der Waals surface area contributed by atoms with E-state index in [0.717, 1.165) is 32.1 Å². The summed E-state index contributed by atoms with van der Waals surface area (Å²) in [5, 5.41) is 0. The van der Waals surface area contributed by atoms with Gasteiger partial charge in [0, 0.05) is 13.0 Å². The lowest BCUT2D eigenvalue weighted by atomic mass is 10.0. The molecule has 0 heterocycles. The van der Waals surface area contributed by atoms with E-state index >= 15 is 0 Å². The second kappa shape index (κ2) is 39.0. The summed E-state index contributed by atoms with van der Waals surface area (Å²) in [6.45, 7) is 4.24. The zero-order valence-electron chi connectivity index (χ0n) is 32.6. The van der Waals surface area contributed by atoms with E-state index in [9.17, 15) is 14.3 Å². The molecule has 50 heavy (non-hydrogen) atoms. The Labute approximate surface area is 308 Å². The molecule has 296 valence electrons. The van der Waals surface area contributed by atoms with E-state index in [-0.39, 0.29) is 32.3 Å². The molecule has 3 N–H and O–H groups in total. The smallest absolute Gasteiger partial charge is 0.472 e. The van der Waals surface area contributed by atoms with Crippen molar-refractivity contribution in [1.29, 1.82) is 0 Å². The number of carbonyl (C=O) groups excluding carboxylic acids is 1. The molecule has 0 aliphatic carbocycles. The van der Waals surface area contributed by atoms with Crippen LogP contribution in [0.15, 0.2) is 24.5 Å². The van der Waals surface area contributed by atoms with Gasteiger partial charge in [0.15, 0.2) is 6.10 Å². The fourth-order valence-corrected chi connectivity index (χ4v) is 6.60. The van der Waals surface area contributed by atoms with Gasteiger partial charge in [0.05, 0.1) is 19.5 Å². The van der Waals surface area contributed by atoms with Gasteiger partial charge < -0.3 is 20.1 Å². The third kappa shape index (κ3) is 38.1. The fraction of sp³-hybridized carbons (Fsp3) is 0.878. The monoisotopic (exact) mass is 730 g/mol. The third-order valence-electron chi connectivity index (χ3n) is 8.94. The Morgan fingerprint density at radius 2 is 1.02 bits per heavy atom. The number of ether oxygens (including phenoxy) is 2. The fourth-order valence-electron chi connectivity index (χ4n) is 5.84. The van der Waals surface area contributed by atoms with Gasteiger partial charge in [0.1, 0.15) is 6.61 Å². The van der Waals surface area contributed by atoms with Crippen molar-refractivity contribution < 1.29 is 32.8 Å². The standard InChI is InChI=1S/C41H80NO7P/c1-3-5-7-9-11-13-15-17-19-21-23-25-27-29-31-33-36-46-38-40(39-48-50(44,45)47-37-35-42)49-41(43)34-32-30-28-26-24-22-20-18-16-14-12-10-8-6-4-2/h13,15,33,36,40H,3-12,14,16-32,34-35,37-39,42H2,1-2H3,(H,44,45). The van der Waals surface area contributed by atoms with Crippen LogP contribution in [0.1, 0.15) is 200 Å². The minimum Gasteiger partial charge on any atom is -0.498 e. The normalized spacial score (nSPS) is 13.7. The highest BCUT2D eigenvalue weighted by atomic mass is 31.2. The van der Waals surface area contributed by atoms with E-state index in [1.807, 2.05) is 6.08 Å². The minimum atomic E-state index is -4.29. The highest BCUT2D eigenvalue weighted by Crippen LogP contribution is 2.43. The van der Waals surface area contributed by atoms with Crippen molar-refractivity contribution in [2.45, 2.75) is 206 Å². The number of nitrogens with two attached hydrogens (primary N) is 1. The topological polar surface area (TPSA) is 117 Å². The molecule has 9 heteroatoms. The van der Waals surface area contributed by atoms with Crippen LogP contribution in [-0.2, 0) is 27.9 Å². The molecule has 0 bridgehead atoms. The van der Waals surface area contributed by atoms with Crippen molar-refractivity contribution >= 4 is 13.8 Å². The summed E-state index contributed by atoms with van der Waals surface area (Å²) < 4.78 is 33.1. The lowest BCUT2D eigenvalue weighted by molar-refractivity contribution is -0.153. The zero-order chi connectivity index (χ0) is 36.6. The maximum Gasteiger partial charge on any atom is 0.472 e. The van der Waals surface area contributed by atoms with Gasteiger partial charge in [-0.15, -0.1) is 0 Å². The minimum absolute atomic E-state index is 0.0329. The number of hydrogen-bond acceptors (Lipinski definition) is 7. The molecule has 2 atom stereocenters. The van der Waals surface area contributed by atoms with E-state index in [0.29, 0.717) is 6.42 Å². The highest BCUT2D eigenvalue weighted by Gasteiger charge is 2.25. The van der Waals surface area contributed by atoms with Gasteiger partial charge in [-0.25, -0.2) is 4.57 Å². The van der Waals surface area contributed by atoms with E-state index < -0.39 is 13.9 Å². The Morgan fingerprint density at radius 3 is 1.50 bits per heavy atom. The van der Waals surface area contributed by atoms with Crippen LogP contribution in [-0.4, -0.2) is 43.3 Å². The predicted octanol–water partition coefficient (Wildman–Crippen LogP) is 12.4. The van der Waals surface area contributed by atoms with E-state index in [4.69, 9.17) is 24.3 Å². The van der Waals surface area contributed by atoms with Crippen LogP contribution in [0.4, 0.5) is 0 Å². The van der Waals surface area contributed by atoms with Crippen molar-refractivity contribution in [2.24, 2.45) is 5.73 Å². The average molecular weight is 730 g/mol. The molecular formula is C41H80NO7P. The summed E-state index contributed by atoms with van der Waals surface area (Å²) in [6, 6.07) is 0. The molecule has 0 aromatic heterocycles. The third-order valence-corrected chi connectivity index (χ3v) is 9.92. The van der Waals surface area contributed by atoms with Crippen molar-refractivity contribution in [3.63, 3.8) is 0 Å². The first-order valence-corrected chi connectivity index (χ1v) is 22.4. The molecule has 0 aromatic carbocycles. The second-order valence-electron chi connectivity index (χ2n) is 13.9. The Morgan fingerprint density at radius 1 is 0.600 bits per heavy atom. The zero-order valence-corrected chi connectivity index (χ0v) is 33.5. The first-order chi connectivity index (χ1) is 24.4. The van der Waals surface area contributed by atoms with Crippen LogP contribution in [0.5, 0.6) is 0 Å². The van der Waals surface area contributed by atoms with Crippen molar-refractivity contribution in [2.75, 3.05) is 26.4 Å². The summed E-state index contributed by atoms with van der Waals surface area (Å²) in [4.78, 5) is 22.4. The lowest BCUT2D eigenvalue weighted by Crippen LogP contribution is -2.27. The number of rotatable bonds is 40. The number of carbonyl (C=O) groups is 1. The van der Waals surface area contributed by atoms with Gasteiger partial charge in [-0.05, 0) is 51.0 Å². The molecule has 0 saturated heterocycles. The number of phosphoric acid groups is 1. The highest BCUT2D eigenvalue weighted by molar-refractivity contribution is 7.47. The van der Waals surface area contributed by atoms with E-state index in [2.05, 4.69) is 26.0 Å². The number of unbranched alkanes of at least 4 members (excludes halogenated alkanes) is 25. The summed E-state index contributed by atoms with van der Waals surface area (Å²) in [7, 11) is -4.29. The summed E-state index contributed by atoms with van der Waals surface area (Å²) >= 11 is 0. The Hall–Kier alpha value is -1.18. The van der Waals surface area contributed by atoms with Crippen LogP contribution in [0.3, 0.4) is 0 Å². The van der Waals surface area contributed by atoms with Crippen LogP contribution in [0.2, 0.25) is 0 Å². The van der Waals surface area contributed by atoms with E-state index in [1.165, 1.54) is 148 Å². The second-order valence-corrected chi connectivity index (χ2v) is 15.4. The van der Waals surface area contributed by atoms with E-state index in [1.54, 1.807) is 6.26 Å². The van der Waals surface area contributed by atoms with Gasteiger partial charge in [0.25, 0.3) is 0 Å². The molecule has 0 radical (unpaired) electrons. The van der Waals surface area contributed by atoms with Gasteiger partial charge >= 0.3 is 13.8 Å². The van der Waals surface area contributed by atoms with Crippen LogP contribution in [0, 0.1) is 0 Å². The number of allylic oxidation sites excluding steroid dienone is 3. The van der Waals surface area contributed by atoms with Crippen molar-refractivity contribution in [3.8, 4) is 0 Å². The van der Waals surface area contributed by atoms with Gasteiger partial charge in [-0.2, -0.15) is 0 Å². The van der Waals surface area contributed by atoms with Crippen LogP contribution < -0.4 is 5.73 Å². The Balaban J connectivity index is 4.09. The molecule has 8 nitrogen and oxygen atoms in total. The predicted molar refractivity (Wildman–Crippen MR) is 210 cm³/mol. The molecule has 0 saturated carbocycles. The number of esters is 1. The molecule has 0 spiro atoms. The maximum atomic E-state index is 12.5. The SMILES string of the molecule is CCCCCCC=CCCCCCCCCC=COCC(COP(=O)(O)OCCN)OC(=O)CCCCCCCCCCCCCCCCC. The quantitative estimate of drug-likeness (QED) is 0.0210. The van der Waals surface area contributed by atoms with Crippen molar-refractivity contribution in [1.82, 2.24) is 0 Å². The Kier molecular flexibility index (Phi) is 38.1. The van der Waals surface area contributed by atoms with Crippen LogP contribution in [0.25, 0.3) is 0 Å². The van der Waals surface area contributed by atoms with Crippen molar-refractivity contribution in [3.05, 3.63) is 24.5 Å². The van der Waals surface area contributed by atoms with Gasteiger partial charge in [-0.3, -0.25) is 13.8 Å². The molecule has 0 fully saturated rings. The van der Waals surface area contributed by atoms with Gasteiger partial charge in [0.2, 0.25) is 0 Å². The Bertz CT molecular complexity index is 823. The average Bonchev–Trinajstić information content (AvgIpc) is 3.10. The molecule has 0 aliphatic heterocycles. The molecule has 0 aromatic rings. The number of phosphoric ester groups is 1. The largest absolute Gasteiger partial charge is 0.498 e. The summed E-state index contributed by atoms with van der Waals surface area (Å²) in [6.07, 6.45) is 42.8. The first-order valence-electron chi connectivity index (χ1n) is 20.9. The first kappa shape index (κ1) is 48.8. The summed E-state index contributed by atoms with van der Waals surface area (Å²) in [5.41, 5.74) is 5.36. The summed E-state index contributed by atoms with van der Waals surface area (Å²) in [5.74, 6) is -0.352. The number of hydrogen-bond donors (Lipinski definition) is 2. The van der Waals surface area contributed by atoms with Gasteiger partial charge in [-0.1, -0.05) is 161 Å². The molecule has 2 unspecified atom stereocenters.